The van der Waals surface area contributed by atoms with Crippen LogP contribution in [-0.4, -0.2) is 43.2 Å². The van der Waals surface area contributed by atoms with Crippen molar-refractivity contribution in [1.82, 2.24) is 4.90 Å². The molecule has 1 aliphatic rings. The van der Waals surface area contributed by atoms with Crippen LogP contribution in [0.3, 0.4) is 0 Å². The van der Waals surface area contributed by atoms with Crippen LogP contribution in [0.4, 0.5) is 8.78 Å². The Kier molecular flexibility index (Phi) is 6.50. The first-order valence-corrected chi connectivity index (χ1v) is 7.25. The van der Waals surface area contributed by atoms with E-state index in [1.165, 1.54) is 0 Å². The van der Waals surface area contributed by atoms with Gasteiger partial charge in [-0.25, -0.2) is 8.78 Å². The molecule has 2 nitrogen and oxygen atoms in total. The Balaban J connectivity index is 2.44. The van der Waals surface area contributed by atoms with Crippen molar-refractivity contribution in [2.75, 3.05) is 26.2 Å². The fourth-order valence-corrected chi connectivity index (χ4v) is 2.76. The average molecular weight is 263 g/mol. The fraction of sp³-hybridized carbons (Fsp3) is 1.00. The van der Waals surface area contributed by atoms with Gasteiger partial charge in [0.15, 0.2) is 0 Å². The van der Waals surface area contributed by atoms with Crippen molar-refractivity contribution in [3.8, 4) is 0 Å². The highest BCUT2D eigenvalue weighted by molar-refractivity contribution is 4.85. The molecule has 0 aromatic heterocycles. The molecule has 108 valence electrons. The molecule has 0 aromatic carbocycles. The fourth-order valence-electron chi connectivity index (χ4n) is 2.76. The Hall–Kier alpha value is -0.220. The monoisotopic (exact) mass is 263 g/mol. The molecule has 0 radical (unpaired) electrons. The topological polar surface area (TPSA) is 12.5 Å². The number of hydrogen-bond donors (Lipinski definition) is 0. The summed E-state index contributed by atoms with van der Waals surface area (Å²) in [4.78, 5) is 1.81. The minimum absolute atomic E-state index is 0.0933. The van der Waals surface area contributed by atoms with Crippen molar-refractivity contribution in [2.45, 2.75) is 58.5 Å². The minimum Gasteiger partial charge on any atom is -0.379 e. The van der Waals surface area contributed by atoms with Crippen LogP contribution in [0.5, 0.6) is 0 Å². The van der Waals surface area contributed by atoms with Gasteiger partial charge in [0.1, 0.15) is 0 Å². The second-order valence-corrected chi connectivity index (χ2v) is 5.15. The highest BCUT2D eigenvalue weighted by Crippen LogP contribution is 2.37. The Morgan fingerprint density at radius 3 is 2.06 bits per heavy atom. The lowest BCUT2D eigenvalue weighted by Gasteiger charge is -2.35. The first-order valence-electron chi connectivity index (χ1n) is 7.25. The largest absolute Gasteiger partial charge is 0.379 e. The summed E-state index contributed by atoms with van der Waals surface area (Å²) in [6.07, 6.45) is 2.96. The van der Waals surface area contributed by atoms with E-state index in [1.807, 2.05) is 25.7 Å². The van der Waals surface area contributed by atoms with Gasteiger partial charge in [-0.3, -0.25) is 4.90 Å². The van der Waals surface area contributed by atoms with Crippen molar-refractivity contribution < 1.29 is 13.5 Å². The molecule has 0 bridgehead atoms. The van der Waals surface area contributed by atoms with Crippen LogP contribution in [0.15, 0.2) is 0 Å². The first-order chi connectivity index (χ1) is 8.53. The van der Waals surface area contributed by atoms with Gasteiger partial charge in [0.2, 0.25) is 0 Å². The van der Waals surface area contributed by atoms with Crippen molar-refractivity contribution in [2.24, 2.45) is 5.92 Å². The van der Waals surface area contributed by atoms with Gasteiger partial charge in [-0.05, 0) is 45.7 Å². The quantitative estimate of drug-likeness (QED) is 0.696. The van der Waals surface area contributed by atoms with Gasteiger partial charge in [-0.1, -0.05) is 13.8 Å². The van der Waals surface area contributed by atoms with Gasteiger partial charge in [0.05, 0.1) is 12.6 Å². The molecule has 0 unspecified atom stereocenters. The molecule has 1 saturated carbocycles. The summed E-state index contributed by atoms with van der Waals surface area (Å²) in [5.74, 6) is -3.02. The zero-order valence-electron chi connectivity index (χ0n) is 11.9. The van der Waals surface area contributed by atoms with Crippen molar-refractivity contribution >= 4 is 0 Å². The molecule has 0 spiro atoms. The number of nitrogens with zero attached hydrogens (tertiary/aromatic N) is 1. The molecule has 0 heterocycles. The van der Waals surface area contributed by atoms with Gasteiger partial charge >= 0.3 is 0 Å². The van der Waals surface area contributed by atoms with Crippen LogP contribution in [0.1, 0.15) is 46.5 Å². The van der Waals surface area contributed by atoms with E-state index < -0.39 is 11.8 Å². The summed E-state index contributed by atoms with van der Waals surface area (Å²) in [6.45, 7) is 7.81. The van der Waals surface area contributed by atoms with Gasteiger partial charge in [0.25, 0.3) is 5.92 Å². The molecule has 0 aliphatic heterocycles. The Morgan fingerprint density at radius 1 is 1.06 bits per heavy atom. The van der Waals surface area contributed by atoms with E-state index in [4.69, 9.17) is 4.74 Å². The van der Waals surface area contributed by atoms with E-state index in [2.05, 4.69) is 0 Å². The van der Waals surface area contributed by atoms with Gasteiger partial charge in [-0.15, -0.1) is 0 Å². The zero-order valence-corrected chi connectivity index (χ0v) is 11.9. The molecule has 1 rings (SSSR count). The molecule has 0 aromatic rings. The smallest absolute Gasteiger partial charge is 0.263 e. The average Bonchev–Trinajstić information content (AvgIpc) is 2.37. The van der Waals surface area contributed by atoms with E-state index in [9.17, 15) is 8.78 Å². The van der Waals surface area contributed by atoms with Crippen LogP contribution in [0.2, 0.25) is 0 Å². The van der Waals surface area contributed by atoms with Gasteiger partial charge in [0, 0.05) is 12.5 Å². The van der Waals surface area contributed by atoms with Crippen molar-refractivity contribution in [3.05, 3.63) is 0 Å². The number of rotatable bonds is 7. The Bertz CT molecular complexity index is 224. The molecule has 1 fully saturated rings. The van der Waals surface area contributed by atoms with Gasteiger partial charge in [-0.2, -0.15) is 0 Å². The Morgan fingerprint density at radius 2 is 1.61 bits per heavy atom. The number of halogens is 2. The van der Waals surface area contributed by atoms with Crippen LogP contribution in [-0.2, 0) is 4.74 Å². The molecule has 4 heteroatoms. The lowest BCUT2D eigenvalue weighted by Crippen LogP contribution is -2.43. The maximum Gasteiger partial charge on any atom is 0.263 e. The molecule has 18 heavy (non-hydrogen) atoms. The van der Waals surface area contributed by atoms with E-state index >= 15 is 0 Å². The second kappa shape index (κ2) is 7.39. The SMILES string of the molecule is CCOC1CCC(C(F)(F)CN(CC)CC)CC1. The zero-order chi connectivity index (χ0) is 13.6. The van der Waals surface area contributed by atoms with Crippen LogP contribution in [0, 0.1) is 5.92 Å². The highest BCUT2D eigenvalue weighted by atomic mass is 19.3. The van der Waals surface area contributed by atoms with Crippen molar-refractivity contribution in [3.63, 3.8) is 0 Å². The summed E-state index contributed by atoms with van der Waals surface area (Å²) in [5.41, 5.74) is 0. The summed E-state index contributed by atoms with van der Waals surface area (Å²) >= 11 is 0. The lowest BCUT2D eigenvalue weighted by molar-refractivity contribution is -0.104. The summed E-state index contributed by atoms with van der Waals surface area (Å²) in [7, 11) is 0. The molecule has 0 saturated heterocycles. The maximum atomic E-state index is 14.2. The van der Waals surface area contributed by atoms with E-state index in [-0.39, 0.29) is 12.6 Å². The lowest BCUT2D eigenvalue weighted by atomic mass is 9.83. The number of ether oxygens (including phenoxy) is 1. The Labute approximate surface area is 110 Å². The van der Waals surface area contributed by atoms with Crippen LogP contribution in [0.25, 0.3) is 0 Å². The standard InChI is InChI=1S/C14H27F2NO/c1-4-17(5-2)11-14(15,16)12-7-9-13(10-8-12)18-6-3/h12-13H,4-11H2,1-3H3. The van der Waals surface area contributed by atoms with E-state index in [1.54, 1.807) is 0 Å². The van der Waals surface area contributed by atoms with Crippen molar-refractivity contribution in [1.29, 1.82) is 0 Å². The molecule has 0 atom stereocenters. The second-order valence-electron chi connectivity index (χ2n) is 5.15. The molecular formula is C14H27F2NO. The predicted molar refractivity (Wildman–Crippen MR) is 70.1 cm³/mol. The predicted octanol–water partition coefficient (Wildman–Crippen LogP) is 3.56. The van der Waals surface area contributed by atoms with E-state index in [0.29, 0.717) is 32.5 Å². The summed E-state index contributed by atoms with van der Waals surface area (Å²) in [6, 6.07) is 0. The third-order valence-electron chi connectivity index (χ3n) is 4.00. The minimum atomic E-state index is -2.55. The molecule has 0 amide bonds. The third-order valence-corrected chi connectivity index (χ3v) is 4.00. The number of alkyl halides is 2. The first kappa shape index (κ1) is 15.8. The van der Waals surface area contributed by atoms with Gasteiger partial charge < -0.3 is 4.74 Å². The number of hydrogen-bond acceptors (Lipinski definition) is 2. The molecule has 1 aliphatic carbocycles. The summed E-state index contributed by atoms with van der Waals surface area (Å²) < 4.78 is 33.8. The molecule has 0 N–H and O–H groups in total. The van der Waals surface area contributed by atoms with Crippen LogP contribution >= 0.6 is 0 Å². The van der Waals surface area contributed by atoms with Crippen LogP contribution < -0.4 is 0 Å². The molecular weight excluding hydrogens is 236 g/mol. The highest BCUT2D eigenvalue weighted by Gasteiger charge is 2.42. The summed E-state index contributed by atoms with van der Waals surface area (Å²) in [5, 5.41) is 0. The van der Waals surface area contributed by atoms with E-state index in [0.717, 1.165) is 12.8 Å². The maximum absolute atomic E-state index is 14.2. The third kappa shape index (κ3) is 4.47. The normalized spacial score (nSPS) is 25.7.